The summed E-state index contributed by atoms with van der Waals surface area (Å²) in [7, 11) is 0. The van der Waals surface area contributed by atoms with Gasteiger partial charge in [0.2, 0.25) is 0 Å². The van der Waals surface area contributed by atoms with Gasteiger partial charge in [0.1, 0.15) is 5.69 Å². The minimum absolute atomic E-state index is 0.00756. The molecule has 1 aromatic rings. The molecule has 1 saturated carbocycles. The van der Waals surface area contributed by atoms with Gasteiger partial charge in [-0.3, -0.25) is 4.79 Å². The Morgan fingerprint density at radius 1 is 1.65 bits per heavy atom. The number of nitrogens with one attached hydrogen (secondary N) is 1. The molecule has 0 bridgehead atoms. The maximum atomic E-state index is 12.1. The molecule has 4 heteroatoms. The summed E-state index contributed by atoms with van der Waals surface area (Å²) in [5.74, 6) is -0.0807. The van der Waals surface area contributed by atoms with E-state index in [1.807, 2.05) is 25.3 Å². The Morgan fingerprint density at radius 3 is 2.94 bits per heavy atom. The Kier molecular flexibility index (Phi) is 3.84. The molecule has 0 unspecified atom stereocenters. The van der Waals surface area contributed by atoms with Gasteiger partial charge in [-0.25, -0.2) is 0 Å². The number of aliphatic hydroxyl groups excluding tert-OH is 1. The molecule has 94 valence electrons. The highest BCUT2D eigenvalue weighted by atomic mass is 16.3. The first-order valence-electron chi connectivity index (χ1n) is 6.34. The molecule has 0 aromatic carbocycles. The zero-order chi connectivity index (χ0) is 12.3. The van der Waals surface area contributed by atoms with Crippen LogP contribution in [0.15, 0.2) is 18.3 Å². The highest BCUT2D eigenvalue weighted by Gasteiger charge is 2.23. The summed E-state index contributed by atoms with van der Waals surface area (Å²) in [6, 6.07) is 4.09. The number of rotatable bonds is 5. The third kappa shape index (κ3) is 2.52. The third-order valence-electron chi connectivity index (χ3n) is 3.53. The van der Waals surface area contributed by atoms with Gasteiger partial charge in [-0.05, 0) is 37.8 Å². The zero-order valence-electron chi connectivity index (χ0n) is 10.2. The molecular weight excluding hydrogens is 216 g/mol. The van der Waals surface area contributed by atoms with E-state index in [0.29, 0.717) is 11.7 Å². The van der Waals surface area contributed by atoms with Crippen molar-refractivity contribution >= 4 is 5.91 Å². The van der Waals surface area contributed by atoms with E-state index in [1.54, 1.807) is 0 Å². The molecule has 1 fully saturated rings. The topological polar surface area (TPSA) is 54.3 Å². The van der Waals surface area contributed by atoms with Crippen LogP contribution < -0.4 is 5.32 Å². The molecular formula is C13H20N2O2. The molecule has 1 atom stereocenters. The van der Waals surface area contributed by atoms with Gasteiger partial charge in [-0.1, -0.05) is 6.92 Å². The molecule has 17 heavy (non-hydrogen) atoms. The molecule has 0 saturated heterocycles. The van der Waals surface area contributed by atoms with Crippen molar-refractivity contribution in [2.24, 2.45) is 0 Å². The van der Waals surface area contributed by atoms with E-state index in [1.165, 1.54) is 6.42 Å². The van der Waals surface area contributed by atoms with Gasteiger partial charge in [0.25, 0.3) is 5.91 Å². The van der Waals surface area contributed by atoms with Crippen molar-refractivity contribution in [3.63, 3.8) is 0 Å². The van der Waals surface area contributed by atoms with Crippen LogP contribution in [0.2, 0.25) is 0 Å². The van der Waals surface area contributed by atoms with E-state index in [9.17, 15) is 4.79 Å². The van der Waals surface area contributed by atoms with E-state index < -0.39 is 0 Å². The van der Waals surface area contributed by atoms with Crippen molar-refractivity contribution < 1.29 is 9.90 Å². The van der Waals surface area contributed by atoms with E-state index in [4.69, 9.17) is 5.11 Å². The number of carbonyl (C=O) groups excluding carboxylic acids is 1. The van der Waals surface area contributed by atoms with Crippen molar-refractivity contribution in [1.82, 2.24) is 9.88 Å². The second kappa shape index (κ2) is 5.36. The minimum atomic E-state index is -0.146. The van der Waals surface area contributed by atoms with Crippen LogP contribution in [0.25, 0.3) is 0 Å². The fourth-order valence-electron chi connectivity index (χ4n) is 2.11. The van der Waals surface area contributed by atoms with Crippen LogP contribution in [-0.2, 0) is 0 Å². The third-order valence-corrected chi connectivity index (χ3v) is 3.53. The number of hydrogen-bond acceptors (Lipinski definition) is 2. The fourth-order valence-corrected chi connectivity index (χ4v) is 2.11. The summed E-state index contributed by atoms with van der Waals surface area (Å²) < 4.78 is 2.06. The van der Waals surface area contributed by atoms with E-state index in [-0.39, 0.29) is 18.6 Å². The van der Waals surface area contributed by atoms with E-state index in [0.717, 1.165) is 19.3 Å². The standard InChI is InChI=1S/C13H20N2O2/c1-2-10(9-16)14-13(17)12-7-4-8-15(12)11-5-3-6-11/h4,7-8,10-11,16H,2-3,5-6,9H2,1H3,(H,14,17)/t10-/m0/s1. The number of hydrogen-bond donors (Lipinski definition) is 2. The molecule has 0 spiro atoms. The summed E-state index contributed by atoms with van der Waals surface area (Å²) in [5, 5.41) is 11.9. The summed E-state index contributed by atoms with van der Waals surface area (Å²) in [6.45, 7) is 1.94. The average Bonchev–Trinajstić information content (AvgIpc) is 2.72. The molecule has 0 radical (unpaired) electrons. The Labute approximate surface area is 102 Å². The molecule has 2 N–H and O–H groups in total. The second-order valence-corrected chi connectivity index (χ2v) is 4.65. The smallest absolute Gasteiger partial charge is 0.268 e. The van der Waals surface area contributed by atoms with Crippen molar-refractivity contribution in [2.75, 3.05) is 6.61 Å². The number of aliphatic hydroxyl groups is 1. The van der Waals surface area contributed by atoms with Crippen LogP contribution in [0, 0.1) is 0 Å². The quantitative estimate of drug-likeness (QED) is 0.817. The maximum Gasteiger partial charge on any atom is 0.268 e. The van der Waals surface area contributed by atoms with Crippen LogP contribution in [-0.4, -0.2) is 28.2 Å². The average molecular weight is 236 g/mol. The summed E-state index contributed by atoms with van der Waals surface area (Å²) in [4.78, 5) is 12.1. The summed E-state index contributed by atoms with van der Waals surface area (Å²) in [6.07, 6.45) is 6.28. The second-order valence-electron chi connectivity index (χ2n) is 4.65. The van der Waals surface area contributed by atoms with Gasteiger partial charge in [-0.2, -0.15) is 0 Å². The Balaban J connectivity index is 2.05. The molecule has 1 aliphatic carbocycles. The van der Waals surface area contributed by atoms with Gasteiger partial charge in [-0.15, -0.1) is 0 Å². The fraction of sp³-hybridized carbons (Fsp3) is 0.615. The first-order chi connectivity index (χ1) is 8.26. The first kappa shape index (κ1) is 12.2. The minimum Gasteiger partial charge on any atom is -0.394 e. The normalized spacial score (nSPS) is 17.5. The molecule has 1 amide bonds. The molecule has 4 nitrogen and oxygen atoms in total. The molecule has 2 rings (SSSR count). The largest absolute Gasteiger partial charge is 0.394 e. The Hall–Kier alpha value is -1.29. The van der Waals surface area contributed by atoms with Gasteiger partial charge in [0.05, 0.1) is 12.6 Å². The van der Waals surface area contributed by atoms with Crippen molar-refractivity contribution in [2.45, 2.75) is 44.7 Å². The van der Waals surface area contributed by atoms with Crippen LogP contribution >= 0.6 is 0 Å². The lowest BCUT2D eigenvalue weighted by Gasteiger charge is -2.29. The van der Waals surface area contributed by atoms with Crippen LogP contribution in [0.1, 0.15) is 49.1 Å². The molecule has 1 aromatic heterocycles. The lowest BCUT2D eigenvalue weighted by Crippen LogP contribution is -2.38. The highest BCUT2D eigenvalue weighted by Crippen LogP contribution is 2.32. The first-order valence-corrected chi connectivity index (χ1v) is 6.34. The zero-order valence-corrected chi connectivity index (χ0v) is 10.2. The monoisotopic (exact) mass is 236 g/mol. The molecule has 1 aliphatic rings. The Morgan fingerprint density at radius 2 is 2.41 bits per heavy atom. The van der Waals surface area contributed by atoms with E-state index >= 15 is 0 Å². The Bertz CT molecular complexity index is 379. The number of nitrogens with zero attached hydrogens (tertiary/aromatic N) is 1. The van der Waals surface area contributed by atoms with Crippen molar-refractivity contribution in [3.8, 4) is 0 Å². The summed E-state index contributed by atoms with van der Waals surface area (Å²) >= 11 is 0. The van der Waals surface area contributed by atoms with Gasteiger partial charge in [0, 0.05) is 12.2 Å². The van der Waals surface area contributed by atoms with Crippen LogP contribution in [0.4, 0.5) is 0 Å². The van der Waals surface area contributed by atoms with Gasteiger partial charge < -0.3 is 15.0 Å². The van der Waals surface area contributed by atoms with Gasteiger partial charge >= 0.3 is 0 Å². The van der Waals surface area contributed by atoms with Crippen LogP contribution in [0.3, 0.4) is 0 Å². The maximum absolute atomic E-state index is 12.1. The van der Waals surface area contributed by atoms with Crippen molar-refractivity contribution in [1.29, 1.82) is 0 Å². The lowest BCUT2D eigenvalue weighted by molar-refractivity contribution is 0.0899. The number of carbonyl (C=O) groups is 1. The lowest BCUT2D eigenvalue weighted by atomic mass is 9.93. The number of aromatic nitrogens is 1. The van der Waals surface area contributed by atoms with Gasteiger partial charge in [0.15, 0.2) is 0 Å². The molecule has 0 aliphatic heterocycles. The predicted octanol–water partition coefficient (Wildman–Crippen LogP) is 1.71. The summed E-state index contributed by atoms with van der Waals surface area (Å²) in [5.41, 5.74) is 0.710. The molecule has 1 heterocycles. The SMILES string of the molecule is CC[C@@H](CO)NC(=O)c1cccn1C1CCC1. The van der Waals surface area contributed by atoms with Crippen LogP contribution in [0.5, 0.6) is 0 Å². The predicted molar refractivity (Wildman–Crippen MR) is 66.0 cm³/mol. The van der Waals surface area contributed by atoms with Crippen molar-refractivity contribution in [3.05, 3.63) is 24.0 Å². The number of amides is 1. The van der Waals surface area contributed by atoms with E-state index in [2.05, 4.69) is 9.88 Å². The highest BCUT2D eigenvalue weighted by molar-refractivity contribution is 5.93.